The van der Waals surface area contributed by atoms with E-state index in [0.717, 1.165) is 19.3 Å². The highest BCUT2D eigenvalue weighted by Crippen LogP contribution is 2.30. The van der Waals surface area contributed by atoms with E-state index in [-0.39, 0.29) is 21.8 Å². The van der Waals surface area contributed by atoms with Gasteiger partial charge >= 0.3 is 0 Å². The molecule has 0 aliphatic heterocycles. The van der Waals surface area contributed by atoms with Crippen LogP contribution in [0.5, 0.6) is 0 Å². The van der Waals surface area contributed by atoms with Crippen LogP contribution in [0.15, 0.2) is 17.2 Å². The molecule has 0 aromatic carbocycles. The molecule has 0 radical (unpaired) electrons. The van der Waals surface area contributed by atoms with Crippen LogP contribution in [0.1, 0.15) is 33.1 Å². The molecule has 0 bridgehead atoms. The van der Waals surface area contributed by atoms with Crippen molar-refractivity contribution in [3.8, 4) is 0 Å². The van der Waals surface area contributed by atoms with E-state index in [1.807, 2.05) is 0 Å². The smallest absolute Gasteiger partial charge is 0.242 e. The fourth-order valence-electron chi connectivity index (χ4n) is 2.69. The van der Waals surface area contributed by atoms with Crippen molar-refractivity contribution in [2.45, 2.75) is 44.0 Å². The number of pyridine rings is 1. The van der Waals surface area contributed by atoms with Crippen LogP contribution in [-0.4, -0.2) is 19.4 Å². The number of hydrogen-bond acceptors (Lipinski definition) is 4. The molecule has 0 amide bonds. The second kappa shape index (κ2) is 5.87. The summed E-state index contributed by atoms with van der Waals surface area (Å²) in [5.74, 6) is 1.11. The van der Waals surface area contributed by atoms with E-state index < -0.39 is 10.0 Å². The molecule has 5 nitrogen and oxygen atoms in total. The van der Waals surface area contributed by atoms with Crippen molar-refractivity contribution >= 4 is 27.4 Å². The van der Waals surface area contributed by atoms with Gasteiger partial charge in [-0.1, -0.05) is 25.4 Å². The zero-order valence-electron chi connectivity index (χ0n) is 11.6. The fourth-order valence-corrected chi connectivity index (χ4v) is 4.27. The van der Waals surface area contributed by atoms with Gasteiger partial charge in [0.15, 0.2) is 0 Å². The van der Waals surface area contributed by atoms with Crippen LogP contribution in [0, 0.1) is 11.8 Å². The number of halogens is 1. The third kappa shape index (κ3) is 3.42. The first-order valence-electron chi connectivity index (χ1n) is 6.73. The number of aromatic nitrogens is 1. The van der Waals surface area contributed by atoms with Gasteiger partial charge < -0.3 is 5.73 Å². The Balaban J connectivity index is 2.16. The maximum atomic E-state index is 12.3. The minimum atomic E-state index is -3.60. The number of nitrogens with two attached hydrogens (primary N) is 1. The zero-order chi connectivity index (χ0) is 14.9. The Morgan fingerprint density at radius 2 is 2.10 bits per heavy atom. The fraction of sp³-hybridized carbons (Fsp3) is 0.615. The summed E-state index contributed by atoms with van der Waals surface area (Å²) in [4.78, 5) is 3.85. The Bertz CT molecular complexity index is 591. The van der Waals surface area contributed by atoms with Gasteiger partial charge in [0.1, 0.15) is 10.7 Å². The minimum Gasteiger partial charge on any atom is -0.382 e. The molecular weight excluding hydrogens is 298 g/mol. The first kappa shape index (κ1) is 15.5. The average molecular weight is 318 g/mol. The van der Waals surface area contributed by atoms with E-state index in [9.17, 15) is 8.42 Å². The van der Waals surface area contributed by atoms with Crippen LogP contribution in [0.25, 0.3) is 0 Å². The van der Waals surface area contributed by atoms with Crippen molar-refractivity contribution in [2.75, 3.05) is 5.73 Å². The minimum absolute atomic E-state index is 0.0347. The summed E-state index contributed by atoms with van der Waals surface area (Å²) in [6.07, 6.45) is 4.17. The second-order valence-electron chi connectivity index (χ2n) is 5.66. The van der Waals surface area contributed by atoms with Gasteiger partial charge in [-0.05, 0) is 37.2 Å². The van der Waals surface area contributed by atoms with Gasteiger partial charge in [-0.2, -0.15) is 0 Å². The predicted molar refractivity (Wildman–Crippen MR) is 79.9 cm³/mol. The molecule has 3 atom stereocenters. The maximum Gasteiger partial charge on any atom is 0.242 e. The number of nitrogens with zero attached hydrogens (tertiary/aromatic N) is 1. The van der Waals surface area contributed by atoms with Gasteiger partial charge in [0.05, 0.1) is 5.02 Å². The molecule has 1 aromatic rings. The Kier molecular flexibility index (Phi) is 4.56. The molecule has 1 aromatic heterocycles. The summed E-state index contributed by atoms with van der Waals surface area (Å²) in [6, 6.07) is 1.30. The number of sulfonamides is 1. The van der Waals surface area contributed by atoms with Crippen molar-refractivity contribution < 1.29 is 8.42 Å². The van der Waals surface area contributed by atoms with Crippen LogP contribution in [0.2, 0.25) is 5.02 Å². The lowest BCUT2D eigenvalue weighted by atomic mass is 9.80. The second-order valence-corrected chi connectivity index (χ2v) is 7.78. The third-order valence-electron chi connectivity index (χ3n) is 3.89. The van der Waals surface area contributed by atoms with Gasteiger partial charge in [-0.15, -0.1) is 0 Å². The summed E-state index contributed by atoms with van der Waals surface area (Å²) < 4.78 is 27.4. The van der Waals surface area contributed by atoms with Crippen molar-refractivity contribution in [3.63, 3.8) is 0 Å². The molecule has 0 saturated heterocycles. The molecule has 7 heteroatoms. The van der Waals surface area contributed by atoms with E-state index in [1.54, 1.807) is 0 Å². The van der Waals surface area contributed by atoms with Gasteiger partial charge in [0, 0.05) is 12.2 Å². The Labute approximate surface area is 125 Å². The lowest BCUT2D eigenvalue weighted by Crippen LogP contribution is -2.42. The molecule has 1 heterocycles. The van der Waals surface area contributed by atoms with Gasteiger partial charge in [-0.3, -0.25) is 0 Å². The molecule has 1 saturated carbocycles. The van der Waals surface area contributed by atoms with Crippen LogP contribution < -0.4 is 10.5 Å². The molecule has 1 fully saturated rings. The number of rotatable bonds is 3. The molecule has 2 rings (SSSR count). The molecular formula is C13H20ClN3O2S. The quantitative estimate of drug-likeness (QED) is 0.896. The molecule has 1 aliphatic carbocycles. The largest absolute Gasteiger partial charge is 0.382 e. The first-order valence-corrected chi connectivity index (χ1v) is 8.59. The average Bonchev–Trinajstić information content (AvgIpc) is 2.36. The SMILES string of the molecule is CC1CCC(NS(=O)(=O)c2cnc(N)c(Cl)c2)C(C)C1. The predicted octanol–water partition coefficient (Wildman–Crippen LogP) is 2.42. The molecule has 112 valence electrons. The summed E-state index contributed by atoms with van der Waals surface area (Å²) >= 11 is 5.83. The summed E-state index contributed by atoms with van der Waals surface area (Å²) in [5, 5.41) is 0.151. The zero-order valence-corrected chi connectivity index (χ0v) is 13.2. The Hall–Kier alpha value is -0.850. The normalized spacial score (nSPS) is 27.4. The highest BCUT2D eigenvalue weighted by atomic mass is 35.5. The lowest BCUT2D eigenvalue weighted by Gasteiger charge is -2.32. The van der Waals surface area contributed by atoms with Gasteiger partial charge in [-0.25, -0.2) is 18.1 Å². The van der Waals surface area contributed by atoms with E-state index in [2.05, 4.69) is 23.6 Å². The Morgan fingerprint density at radius 1 is 1.40 bits per heavy atom. The number of anilines is 1. The van der Waals surface area contributed by atoms with Gasteiger partial charge in [0.2, 0.25) is 10.0 Å². The van der Waals surface area contributed by atoms with Crippen molar-refractivity contribution in [2.24, 2.45) is 11.8 Å². The Morgan fingerprint density at radius 3 is 2.70 bits per heavy atom. The molecule has 3 unspecified atom stereocenters. The van der Waals surface area contributed by atoms with Crippen LogP contribution in [0.3, 0.4) is 0 Å². The standard InChI is InChI=1S/C13H20ClN3O2S/c1-8-3-4-12(9(2)5-8)17-20(18,19)10-6-11(14)13(15)16-7-10/h6-9,12,17H,3-5H2,1-2H3,(H2,15,16). The van der Waals surface area contributed by atoms with Gasteiger partial charge in [0.25, 0.3) is 0 Å². The van der Waals surface area contributed by atoms with Crippen molar-refractivity contribution in [1.82, 2.24) is 9.71 Å². The van der Waals surface area contributed by atoms with E-state index in [0.29, 0.717) is 11.8 Å². The van der Waals surface area contributed by atoms with Crippen LogP contribution in [0.4, 0.5) is 5.82 Å². The highest BCUT2D eigenvalue weighted by Gasteiger charge is 2.29. The van der Waals surface area contributed by atoms with Crippen LogP contribution >= 0.6 is 11.6 Å². The number of nitrogens with one attached hydrogen (secondary N) is 1. The third-order valence-corrected chi connectivity index (χ3v) is 5.65. The summed E-state index contributed by atoms with van der Waals surface area (Å²) in [6.45, 7) is 4.28. The number of nitrogen functional groups attached to an aromatic ring is 1. The molecule has 3 N–H and O–H groups in total. The van der Waals surface area contributed by atoms with Crippen LogP contribution in [-0.2, 0) is 10.0 Å². The van der Waals surface area contributed by atoms with Crippen molar-refractivity contribution in [1.29, 1.82) is 0 Å². The van der Waals surface area contributed by atoms with E-state index >= 15 is 0 Å². The molecule has 1 aliphatic rings. The van der Waals surface area contributed by atoms with E-state index in [4.69, 9.17) is 17.3 Å². The number of hydrogen-bond donors (Lipinski definition) is 2. The first-order chi connectivity index (χ1) is 9.29. The van der Waals surface area contributed by atoms with E-state index in [1.165, 1.54) is 12.3 Å². The molecule has 0 spiro atoms. The lowest BCUT2D eigenvalue weighted by molar-refractivity contribution is 0.249. The highest BCUT2D eigenvalue weighted by molar-refractivity contribution is 7.89. The topological polar surface area (TPSA) is 85.1 Å². The van der Waals surface area contributed by atoms with Crippen molar-refractivity contribution in [3.05, 3.63) is 17.3 Å². The monoisotopic (exact) mass is 317 g/mol. The molecule has 20 heavy (non-hydrogen) atoms. The summed E-state index contributed by atoms with van der Waals surface area (Å²) in [5.41, 5.74) is 5.50. The maximum absolute atomic E-state index is 12.3. The summed E-state index contributed by atoms with van der Waals surface area (Å²) in [7, 11) is -3.60.